The third-order valence-electron chi connectivity index (χ3n) is 10.2. The van der Waals surface area contributed by atoms with Gasteiger partial charge in [0, 0.05) is 33.2 Å². The maximum atomic E-state index is 14.3. The third kappa shape index (κ3) is 6.76. The summed E-state index contributed by atoms with van der Waals surface area (Å²) in [5, 5.41) is 1.93. The second-order valence-corrected chi connectivity index (χ2v) is 14.0. The summed E-state index contributed by atoms with van der Waals surface area (Å²) in [6, 6.07) is 47.0. The number of para-hydroxylation sites is 1. The average molecular weight is 777 g/mol. The number of alkyl halides is 6. The highest BCUT2D eigenvalue weighted by molar-refractivity contribution is 6.10. The number of nitrogens with zero attached hydrogens (tertiary/aromatic N) is 4. The molecular weight excluding hydrogens is 747 g/mol. The highest BCUT2D eigenvalue weighted by Crippen LogP contribution is 2.43. The van der Waals surface area contributed by atoms with E-state index >= 15 is 0 Å². The molecule has 0 spiro atoms. The second kappa shape index (κ2) is 14.1. The molecular formula is C48H30F6N4. The van der Waals surface area contributed by atoms with E-state index in [9.17, 15) is 26.3 Å². The van der Waals surface area contributed by atoms with Crippen LogP contribution in [0.15, 0.2) is 164 Å². The minimum absolute atomic E-state index is 0.0677. The monoisotopic (exact) mass is 776 g/mol. The van der Waals surface area contributed by atoms with E-state index in [4.69, 9.17) is 15.0 Å². The zero-order valence-electron chi connectivity index (χ0n) is 30.6. The van der Waals surface area contributed by atoms with Crippen molar-refractivity contribution in [2.75, 3.05) is 0 Å². The molecule has 0 fully saturated rings. The van der Waals surface area contributed by atoms with Crippen molar-refractivity contribution in [2.24, 2.45) is 0 Å². The number of hydrogen-bond donors (Lipinski definition) is 0. The Kier molecular flexibility index (Phi) is 8.92. The van der Waals surface area contributed by atoms with Gasteiger partial charge < -0.3 is 4.57 Å². The fourth-order valence-electron chi connectivity index (χ4n) is 7.46. The smallest absolute Gasteiger partial charge is 0.309 e. The molecule has 9 rings (SSSR count). The molecule has 0 amide bonds. The maximum Gasteiger partial charge on any atom is 0.416 e. The Morgan fingerprint density at radius 3 is 1.57 bits per heavy atom. The molecule has 0 unspecified atom stereocenters. The van der Waals surface area contributed by atoms with Gasteiger partial charge in [0.25, 0.3) is 0 Å². The first-order valence-electron chi connectivity index (χ1n) is 18.3. The normalized spacial score (nSPS) is 12.1. The van der Waals surface area contributed by atoms with Gasteiger partial charge in [-0.1, -0.05) is 115 Å². The van der Waals surface area contributed by atoms with E-state index in [0.29, 0.717) is 16.8 Å². The summed E-state index contributed by atoms with van der Waals surface area (Å²) < 4.78 is 87.6. The molecule has 0 N–H and O–H groups in total. The molecule has 0 aliphatic rings. The number of benzene rings is 7. The van der Waals surface area contributed by atoms with Crippen molar-refractivity contribution in [1.29, 1.82) is 0 Å². The van der Waals surface area contributed by atoms with E-state index in [2.05, 4.69) is 25.1 Å². The van der Waals surface area contributed by atoms with Gasteiger partial charge in [0.2, 0.25) is 0 Å². The van der Waals surface area contributed by atoms with E-state index in [1.54, 1.807) is 12.1 Å². The predicted molar refractivity (Wildman–Crippen MR) is 216 cm³/mol. The van der Waals surface area contributed by atoms with Crippen LogP contribution in [-0.2, 0) is 12.4 Å². The van der Waals surface area contributed by atoms with Crippen LogP contribution >= 0.6 is 0 Å². The molecule has 7 aromatic carbocycles. The molecule has 0 saturated carbocycles. The van der Waals surface area contributed by atoms with Crippen molar-refractivity contribution in [3.05, 3.63) is 180 Å². The SMILES string of the molecule is Cc1ccccc1-c1ccc2c(c1)c1ccccc1n2-c1ccc(-c2cc(C(F)(F)F)cc(C(F)(F)F)c2)c(-c2nc(-c3ccccc3)nc(-c3ccccc3)n2)c1. The van der Waals surface area contributed by atoms with Crippen molar-refractivity contribution in [3.8, 4) is 62.1 Å². The van der Waals surface area contributed by atoms with Crippen LogP contribution in [0.5, 0.6) is 0 Å². The lowest BCUT2D eigenvalue weighted by Gasteiger charge is -2.18. The summed E-state index contributed by atoms with van der Waals surface area (Å²) in [6.45, 7) is 2.06. The average Bonchev–Trinajstić information content (AvgIpc) is 3.57. The van der Waals surface area contributed by atoms with Gasteiger partial charge in [-0.2, -0.15) is 26.3 Å². The van der Waals surface area contributed by atoms with Gasteiger partial charge in [-0.05, 0) is 83.3 Å². The van der Waals surface area contributed by atoms with Gasteiger partial charge in [-0.25, -0.2) is 15.0 Å². The van der Waals surface area contributed by atoms with Gasteiger partial charge in [0.05, 0.1) is 22.2 Å². The van der Waals surface area contributed by atoms with Crippen LogP contribution in [0.25, 0.3) is 83.9 Å². The number of aromatic nitrogens is 4. The van der Waals surface area contributed by atoms with E-state index < -0.39 is 23.5 Å². The van der Waals surface area contributed by atoms with E-state index in [-0.39, 0.29) is 40.2 Å². The van der Waals surface area contributed by atoms with E-state index in [0.717, 1.165) is 50.6 Å². The Morgan fingerprint density at radius 1 is 0.397 bits per heavy atom. The third-order valence-corrected chi connectivity index (χ3v) is 10.2. The van der Waals surface area contributed by atoms with Crippen LogP contribution in [-0.4, -0.2) is 19.5 Å². The number of rotatable bonds is 6. The predicted octanol–water partition coefficient (Wildman–Crippen LogP) is 13.6. The Labute approximate surface area is 328 Å². The molecule has 0 radical (unpaired) electrons. The highest BCUT2D eigenvalue weighted by Gasteiger charge is 2.37. The molecule has 9 aromatic rings. The molecule has 0 saturated heterocycles. The second-order valence-electron chi connectivity index (χ2n) is 14.0. The highest BCUT2D eigenvalue weighted by atomic mass is 19.4. The standard InChI is InChI=1S/C48H30F6N4/c1-29-12-8-9-17-37(29)32-20-23-43-40(26-32)39-18-10-11-19-42(39)58(43)36-21-22-38(33-24-34(47(49,50)51)27-35(25-33)48(52,53)54)41(28-36)46-56-44(30-13-4-2-5-14-30)55-45(57-46)31-15-6-3-7-16-31/h2-28H,1H3. The molecule has 2 aromatic heterocycles. The molecule has 10 heteroatoms. The number of halogens is 6. The lowest BCUT2D eigenvalue weighted by atomic mass is 9.94. The minimum Gasteiger partial charge on any atom is -0.309 e. The van der Waals surface area contributed by atoms with Crippen molar-refractivity contribution >= 4 is 21.8 Å². The first kappa shape index (κ1) is 36.6. The van der Waals surface area contributed by atoms with Crippen molar-refractivity contribution < 1.29 is 26.3 Å². The van der Waals surface area contributed by atoms with Gasteiger partial charge in [0.15, 0.2) is 17.5 Å². The van der Waals surface area contributed by atoms with Crippen molar-refractivity contribution in [3.63, 3.8) is 0 Å². The minimum atomic E-state index is -5.05. The Hall–Kier alpha value is -7.07. The lowest BCUT2D eigenvalue weighted by Crippen LogP contribution is -2.11. The molecule has 0 aliphatic carbocycles. The summed E-state index contributed by atoms with van der Waals surface area (Å²) in [5.41, 5.74) is 3.96. The summed E-state index contributed by atoms with van der Waals surface area (Å²) in [7, 11) is 0. The number of hydrogen-bond acceptors (Lipinski definition) is 3. The van der Waals surface area contributed by atoms with E-state index in [1.807, 2.05) is 114 Å². The fraction of sp³-hybridized carbons (Fsp3) is 0.0625. The van der Waals surface area contributed by atoms with Crippen LogP contribution in [0, 0.1) is 6.92 Å². The summed E-state index contributed by atoms with van der Waals surface area (Å²) in [5.74, 6) is 0.626. The first-order valence-corrected chi connectivity index (χ1v) is 18.3. The van der Waals surface area contributed by atoms with Gasteiger partial charge in [0.1, 0.15) is 0 Å². The largest absolute Gasteiger partial charge is 0.416 e. The van der Waals surface area contributed by atoms with E-state index in [1.165, 1.54) is 6.07 Å². The lowest BCUT2D eigenvalue weighted by molar-refractivity contribution is -0.143. The molecule has 284 valence electrons. The molecule has 4 nitrogen and oxygen atoms in total. The molecule has 0 bridgehead atoms. The number of fused-ring (bicyclic) bond motifs is 3. The van der Waals surface area contributed by atoms with Crippen LogP contribution < -0.4 is 0 Å². The fourth-order valence-corrected chi connectivity index (χ4v) is 7.46. The summed E-state index contributed by atoms with van der Waals surface area (Å²) in [6.07, 6.45) is -10.1. The Morgan fingerprint density at radius 2 is 0.948 bits per heavy atom. The van der Waals surface area contributed by atoms with Crippen LogP contribution in [0.3, 0.4) is 0 Å². The van der Waals surface area contributed by atoms with Crippen LogP contribution in [0.4, 0.5) is 26.3 Å². The Bertz CT molecular complexity index is 2900. The zero-order valence-corrected chi connectivity index (χ0v) is 30.6. The summed E-state index contributed by atoms with van der Waals surface area (Å²) in [4.78, 5) is 14.5. The molecule has 2 heterocycles. The van der Waals surface area contributed by atoms with Gasteiger partial charge in [-0.15, -0.1) is 0 Å². The molecule has 0 atom stereocenters. The van der Waals surface area contributed by atoms with Crippen LogP contribution in [0.1, 0.15) is 16.7 Å². The zero-order chi connectivity index (χ0) is 40.2. The molecule has 0 aliphatic heterocycles. The quantitative estimate of drug-likeness (QED) is 0.158. The number of aryl methyl sites for hydroxylation is 1. The first-order chi connectivity index (χ1) is 27.9. The van der Waals surface area contributed by atoms with Gasteiger partial charge in [-0.3, -0.25) is 0 Å². The van der Waals surface area contributed by atoms with Gasteiger partial charge >= 0.3 is 12.4 Å². The van der Waals surface area contributed by atoms with Crippen molar-refractivity contribution in [2.45, 2.75) is 19.3 Å². The topological polar surface area (TPSA) is 43.6 Å². The maximum absolute atomic E-state index is 14.3. The van der Waals surface area contributed by atoms with Crippen LogP contribution in [0.2, 0.25) is 0 Å². The van der Waals surface area contributed by atoms with Crippen molar-refractivity contribution in [1.82, 2.24) is 19.5 Å². The summed E-state index contributed by atoms with van der Waals surface area (Å²) >= 11 is 0. The molecule has 58 heavy (non-hydrogen) atoms. The Balaban J connectivity index is 1.34.